The Balaban J connectivity index is 1.52. The maximum atomic E-state index is 12.0. The molecule has 0 saturated heterocycles. The second-order valence-corrected chi connectivity index (χ2v) is 6.64. The Morgan fingerprint density at radius 2 is 2.19 bits per heavy atom. The van der Waals surface area contributed by atoms with Crippen LogP contribution in [-0.2, 0) is 20.9 Å². The van der Waals surface area contributed by atoms with E-state index in [1.807, 2.05) is 0 Å². The summed E-state index contributed by atoms with van der Waals surface area (Å²) in [5, 5.41) is 2.67. The van der Waals surface area contributed by atoms with Gasteiger partial charge in [-0.15, -0.1) is 0 Å². The Morgan fingerprint density at radius 1 is 1.42 bits per heavy atom. The van der Waals surface area contributed by atoms with Gasteiger partial charge < -0.3 is 19.0 Å². The van der Waals surface area contributed by atoms with Crippen molar-refractivity contribution >= 4 is 18.0 Å². The molecule has 0 radical (unpaired) electrons. The molecule has 6 nitrogen and oxygen atoms in total. The van der Waals surface area contributed by atoms with Crippen LogP contribution in [0.2, 0.25) is 0 Å². The summed E-state index contributed by atoms with van der Waals surface area (Å²) in [5.41, 5.74) is 3.35. The third kappa shape index (κ3) is 4.25. The number of hydrogen-bond acceptors (Lipinski definition) is 4. The molecule has 3 rings (SSSR count). The van der Waals surface area contributed by atoms with Gasteiger partial charge in [0, 0.05) is 23.5 Å². The number of carbonyl (C=O) groups is 2. The van der Waals surface area contributed by atoms with Crippen LogP contribution in [0.15, 0.2) is 35.0 Å². The molecule has 26 heavy (non-hydrogen) atoms. The van der Waals surface area contributed by atoms with Crippen molar-refractivity contribution < 1.29 is 18.7 Å². The highest BCUT2D eigenvalue weighted by Gasteiger charge is 2.26. The standard InChI is InChI=1S/C20H24N2O4/c1-13-11-16(14(2)22(13)17-7-8-17)6-9-19(23)26-15(3)20(24)21-12-18-5-4-10-25-18/h4-6,9-11,15,17H,7-8,12H2,1-3H3,(H,21,24)/b9-6+/t15-/m0/s1. The topological polar surface area (TPSA) is 73.5 Å². The number of aromatic nitrogens is 1. The maximum absolute atomic E-state index is 12.0. The number of amides is 1. The summed E-state index contributed by atoms with van der Waals surface area (Å²) in [7, 11) is 0. The van der Waals surface area contributed by atoms with Gasteiger partial charge in [0.25, 0.3) is 5.91 Å². The zero-order valence-corrected chi connectivity index (χ0v) is 15.3. The van der Waals surface area contributed by atoms with E-state index in [2.05, 4.69) is 29.8 Å². The molecule has 1 amide bonds. The molecule has 0 unspecified atom stereocenters. The van der Waals surface area contributed by atoms with Crippen molar-refractivity contribution in [3.05, 3.63) is 53.2 Å². The Bertz CT molecular complexity index is 813. The molecule has 0 aliphatic heterocycles. The zero-order valence-electron chi connectivity index (χ0n) is 15.3. The van der Waals surface area contributed by atoms with Crippen LogP contribution >= 0.6 is 0 Å². The van der Waals surface area contributed by atoms with E-state index in [-0.39, 0.29) is 12.5 Å². The van der Waals surface area contributed by atoms with Gasteiger partial charge >= 0.3 is 5.97 Å². The largest absolute Gasteiger partial charge is 0.467 e. The number of nitrogens with zero attached hydrogens (tertiary/aromatic N) is 1. The number of rotatable bonds is 7. The lowest BCUT2D eigenvalue weighted by Gasteiger charge is -2.11. The second-order valence-electron chi connectivity index (χ2n) is 6.64. The molecule has 1 aliphatic rings. The molecule has 0 spiro atoms. The van der Waals surface area contributed by atoms with E-state index in [0.29, 0.717) is 11.8 Å². The quantitative estimate of drug-likeness (QED) is 0.610. The first-order chi connectivity index (χ1) is 12.5. The molecule has 0 aromatic carbocycles. The number of carbonyl (C=O) groups excluding carboxylic acids is 2. The number of aryl methyl sites for hydroxylation is 1. The van der Waals surface area contributed by atoms with Crippen molar-refractivity contribution in [3.8, 4) is 0 Å². The van der Waals surface area contributed by atoms with Crippen LogP contribution in [-0.4, -0.2) is 22.5 Å². The van der Waals surface area contributed by atoms with E-state index in [1.54, 1.807) is 25.1 Å². The highest BCUT2D eigenvalue weighted by atomic mass is 16.5. The molecule has 1 aliphatic carbocycles. The van der Waals surface area contributed by atoms with E-state index >= 15 is 0 Å². The number of nitrogens with one attached hydrogen (secondary N) is 1. The van der Waals surface area contributed by atoms with Crippen LogP contribution in [0.4, 0.5) is 0 Å². The van der Waals surface area contributed by atoms with Gasteiger partial charge in [-0.1, -0.05) is 0 Å². The summed E-state index contributed by atoms with van der Waals surface area (Å²) in [6, 6.07) is 6.17. The maximum Gasteiger partial charge on any atom is 0.331 e. The van der Waals surface area contributed by atoms with Crippen LogP contribution in [0.1, 0.15) is 48.5 Å². The lowest BCUT2D eigenvalue weighted by molar-refractivity contribution is -0.150. The van der Waals surface area contributed by atoms with Gasteiger partial charge in [-0.3, -0.25) is 4.79 Å². The predicted octanol–water partition coefficient (Wildman–Crippen LogP) is 3.29. The monoisotopic (exact) mass is 356 g/mol. The van der Waals surface area contributed by atoms with E-state index in [1.165, 1.54) is 30.9 Å². The van der Waals surface area contributed by atoms with Gasteiger partial charge in [0.2, 0.25) is 0 Å². The molecule has 6 heteroatoms. The van der Waals surface area contributed by atoms with Gasteiger partial charge in [-0.05, 0) is 63.5 Å². The second kappa shape index (κ2) is 7.64. The van der Waals surface area contributed by atoms with E-state index < -0.39 is 12.1 Å². The summed E-state index contributed by atoms with van der Waals surface area (Å²) >= 11 is 0. The minimum atomic E-state index is -0.874. The number of hydrogen-bond donors (Lipinski definition) is 1. The molecule has 1 saturated carbocycles. The molecule has 0 bridgehead atoms. The lowest BCUT2D eigenvalue weighted by Crippen LogP contribution is -2.35. The van der Waals surface area contributed by atoms with Crippen molar-refractivity contribution in [3.63, 3.8) is 0 Å². The first-order valence-electron chi connectivity index (χ1n) is 8.83. The molecule has 2 aromatic heterocycles. The third-order valence-electron chi connectivity index (χ3n) is 4.51. The summed E-state index contributed by atoms with van der Waals surface area (Å²) in [6.45, 7) is 5.94. The number of esters is 1. The predicted molar refractivity (Wildman–Crippen MR) is 97.3 cm³/mol. The summed E-state index contributed by atoms with van der Waals surface area (Å²) in [5.74, 6) is -0.264. The van der Waals surface area contributed by atoms with Gasteiger partial charge in [0.15, 0.2) is 6.10 Å². The zero-order chi connectivity index (χ0) is 18.7. The molecule has 1 N–H and O–H groups in total. The fourth-order valence-electron chi connectivity index (χ4n) is 3.02. The smallest absolute Gasteiger partial charge is 0.331 e. The van der Waals surface area contributed by atoms with Gasteiger partial charge in [0.1, 0.15) is 5.76 Å². The highest BCUT2D eigenvalue weighted by Crippen LogP contribution is 2.38. The number of ether oxygens (including phenoxy) is 1. The summed E-state index contributed by atoms with van der Waals surface area (Å²) in [4.78, 5) is 24.0. The van der Waals surface area contributed by atoms with Crippen LogP contribution in [0.25, 0.3) is 6.08 Å². The van der Waals surface area contributed by atoms with Crippen LogP contribution in [0.3, 0.4) is 0 Å². The Hall–Kier alpha value is -2.76. The van der Waals surface area contributed by atoms with Gasteiger partial charge in [-0.25, -0.2) is 4.79 Å². The molecule has 138 valence electrons. The molecule has 1 atom stereocenters. The summed E-state index contributed by atoms with van der Waals surface area (Å²) in [6.07, 6.45) is 6.21. The molecular formula is C20H24N2O4. The third-order valence-corrected chi connectivity index (χ3v) is 4.51. The number of furan rings is 1. The summed E-state index contributed by atoms with van der Waals surface area (Å²) < 4.78 is 12.6. The molecule has 1 fully saturated rings. The molecular weight excluding hydrogens is 332 g/mol. The van der Waals surface area contributed by atoms with Crippen LogP contribution in [0, 0.1) is 13.8 Å². The molecule has 2 heterocycles. The Morgan fingerprint density at radius 3 is 2.85 bits per heavy atom. The fourth-order valence-corrected chi connectivity index (χ4v) is 3.02. The normalized spacial score (nSPS) is 15.2. The fraction of sp³-hybridized carbons (Fsp3) is 0.400. The Kier molecular flexibility index (Phi) is 5.30. The minimum Gasteiger partial charge on any atom is -0.467 e. The first kappa shape index (κ1) is 18.0. The first-order valence-corrected chi connectivity index (χ1v) is 8.83. The van der Waals surface area contributed by atoms with Crippen LogP contribution in [0.5, 0.6) is 0 Å². The average molecular weight is 356 g/mol. The lowest BCUT2D eigenvalue weighted by atomic mass is 10.2. The average Bonchev–Trinajstić information content (AvgIpc) is 3.20. The van der Waals surface area contributed by atoms with Crippen molar-refractivity contribution in [1.82, 2.24) is 9.88 Å². The minimum absolute atomic E-state index is 0.261. The van der Waals surface area contributed by atoms with Crippen molar-refractivity contribution in [2.45, 2.75) is 52.3 Å². The van der Waals surface area contributed by atoms with Gasteiger partial charge in [0.05, 0.1) is 12.8 Å². The van der Waals surface area contributed by atoms with Crippen LogP contribution < -0.4 is 5.32 Å². The molecule has 2 aromatic rings. The van der Waals surface area contributed by atoms with Crippen molar-refractivity contribution in [2.75, 3.05) is 0 Å². The van der Waals surface area contributed by atoms with Gasteiger partial charge in [-0.2, -0.15) is 0 Å². The van der Waals surface area contributed by atoms with E-state index in [4.69, 9.17) is 9.15 Å². The SMILES string of the molecule is Cc1cc(/C=C/C(=O)O[C@@H](C)C(=O)NCc2ccco2)c(C)n1C1CC1. The van der Waals surface area contributed by atoms with Crippen molar-refractivity contribution in [1.29, 1.82) is 0 Å². The van der Waals surface area contributed by atoms with E-state index in [9.17, 15) is 9.59 Å². The Labute approximate surface area is 152 Å². The van der Waals surface area contributed by atoms with E-state index in [0.717, 1.165) is 11.3 Å². The highest BCUT2D eigenvalue weighted by molar-refractivity contribution is 5.90. The van der Waals surface area contributed by atoms with Crippen molar-refractivity contribution in [2.24, 2.45) is 0 Å².